The van der Waals surface area contributed by atoms with Crippen molar-refractivity contribution in [1.82, 2.24) is 0 Å². The molecule has 1 aliphatic carbocycles. The van der Waals surface area contributed by atoms with Crippen LogP contribution in [0.4, 0.5) is 0 Å². The fourth-order valence-electron chi connectivity index (χ4n) is 2.42. The second-order valence-electron chi connectivity index (χ2n) is 4.34. The van der Waals surface area contributed by atoms with Gasteiger partial charge in [-0.05, 0) is 42.7 Å². The molecule has 0 saturated carbocycles. The van der Waals surface area contributed by atoms with Gasteiger partial charge >= 0.3 is 0 Å². The van der Waals surface area contributed by atoms with E-state index in [1.807, 2.05) is 0 Å². The second-order valence-corrected chi connectivity index (χ2v) is 4.34. The van der Waals surface area contributed by atoms with Gasteiger partial charge in [0.15, 0.2) is 0 Å². The van der Waals surface area contributed by atoms with E-state index in [0.29, 0.717) is 12.0 Å². The Morgan fingerprint density at radius 1 is 1.36 bits per heavy atom. The van der Waals surface area contributed by atoms with E-state index in [4.69, 9.17) is 5.73 Å². The van der Waals surface area contributed by atoms with Crippen molar-refractivity contribution >= 4 is 0 Å². The van der Waals surface area contributed by atoms with Gasteiger partial charge in [0.1, 0.15) is 0 Å². The minimum absolute atomic E-state index is 0.392. The van der Waals surface area contributed by atoms with E-state index in [1.54, 1.807) is 0 Å². The average molecular weight is 189 g/mol. The zero-order valence-electron chi connectivity index (χ0n) is 8.87. The molecular weight excluding hydrogens is 170 g/mol. The molecule has 1 aromatic carbocycles. The van der Waals surface area contributed by atoms with Gasteiger partial charge in [0, 0.05) is 6.04 Å². The van der Waals surface area contributed by atoms with E-state index in [9.17, 15) is 0 Å². The summed E-state index contributed by atoms with van der Waals surface area (Å²) in [6, 6.07) is 9.17. The second kappa shape index (κ2) is 4.14. The normalized spacial score (nSPS) is 22.9. The molecule has 2 N–H and O–H groups in total. The Kier molecular flexibility index (Phi) is 2.87. The predicted octanol–water partition coefficient (Wildman–Crippen LogP) is 2.53. The highest BCUT2D eigenvalue weighted by Crippen LogP contribution is 2.27. The number of hydrogen-bond donors (Lipinski definition) is 1. The number of benzene rings is 1. The molecule has 1 nitrogen and oxygen atoms in total. The lowest BCUT2D eigenvalue weighted by molar-refractivity contribution is 0.367. The number of nitrogens with two attached hydrogens (primary N) is 1. The predicted molar refractivity (Wildman–Crippen MR) is 60.2 cm³/mol. The minimum atomic E-state index is 0.392. The molecule has 0 fully saturated rings. The van der Waals surface area contributed by atoms with E-state index >= 15 is 0 Å². The molecule has 14 heavy (non-hydrogen) atoms. The van der Waals surface area contributed by atoms with Crippen LogP contribution in [0.1, 0.15) is 30.9 Å². The molecule has 1 unspecified atom stereocenters. The van der Waals surface area contributed by atoms with E-state index in [0.717, 1.165) is 6.42 Å². The van der Waals surface area contributed by atoms with E-state index < -0.39 is 0 Å². The first-order valence-corrected chi connectivity index (χ1v) is 5.63. The molecule has 2 atom stereocenters. The summed E-state index contributed by atoms with van der Waals surface area (Å²) in [6.45, 7) is 2.19. The average Bonchev–Trinajstić information content (AvgIpc) is 2.27. The highest BCUT2D eigenvalue weighted by atomic mass is 14.6. The largest absolute Gasteiger partial charge is 0.327 e. The molecule has 1 aliphatic rings. The van der Waals surface area contributed by atoms with Crippen molar-refractivity contribution in [2.45, 2.75) is 38.6 Å². The van der Waals surface area contributed by atoms with Crippen LogP contribution in [-0.2, 0) is 12.8 Å². The van der Waals surface area contributed by atoms with Crippen LogP contribution < -0.4 is 5.73 Å². The summed E-state index contributed by atoms with van der Waals surface area (Å²) in [7, 11) is 0. The zero-order chi connectivity index (χ0) is 9.97. The van der Waals surface area contributed by atoms with Gasteiger partial charge in [-0.2, -0.15) is 0 Å². The van der Waals surface area contributed by atoms with Crippen LogP contribution in [0.25, 0.3) is 0 Å². The fraction of sp³-hybridized carbons (Fsp3) is 0.538. The highest BCUT2D eigenvalue weighted by Gasteiger charge is 2.22. The molecule has 0 bridgehead atoms. The van der Waals surface area contributed by atoms with Crippen LogP contribution in [0.15, 0.2) is 24.3 Å². The van der Waals surface area contributed by atoms with Crippen molar-refractivity contribution in [3.8, 4) is 0 Å². The van der Waals surface area contributed by atoms with Gasteiger partial charge in [-0.25, -0.2) is 0 Å². The summed E-state index contributed by atoms with van der Waals surface area (Å²) in [4.78, 5) is 0. The van der Waals surface area contributed by atoms with Crippen molar-refractivity contribution in [3.63, 3.8) is 0 Å². The molecule has 76 valence electrons. The monoisotopic (exact) mass is 189 g/mol. The minimum Gasteiger partial charge on any atom is -0.327 e. The molecule has 0 spiro atoms. The van der Waals surface area contributed by atoms with E-state index in [2.05, 4.69) is 31.2 Å². The van der Waals surface area contributed by atoms with Crippen LogP contribution >= 0.6 is 0 Å². The molecule has 1 aromatic rings. The molecule has 0 saturated heterocycles. The van der Waals surface area contributed by atoms with Crippen LogP contribution in [0.3, 0.4) is 0 Å². The Morgan fingerprint density at radius 2 is 2.07 bits per heavy atom. The number of aryl methyl sites for hydroxylation is 1. The summed E-state index contributed by atoms with van der Waals surface area (Å²) in [5.41, 5.74) is 9.16. The number of hydrogen-bond acceptors (Lipinski definition) is 1. The lowest BCUT2D eigenvalue weighted by atomic mass is 9.80. The van der Waals surface area contributed by atoms with Gasteiger partial charge in [0.2, 0.25) is 0 Å². The van der Waals surface area contributed by atoms with Crippen LogP contribution in [0.5, 0.6) is 0 Å². The van der Waals surface area contributed by atoms with E-state index in [-0.39, 0.29) is 0 Å². The number of rotatable bonds is 2. The van der Waals surface area contributed by atoms with Crippen LogP contribution in [-0.4, -0.2) is 6.04 Å². The maximum absolute atomic E-state index is 6.10. The SMILES string of the molecule is CC[C@H](N)C1CCc2ccccc2C1. The van der Waals surface area contributed by atoms with Crippen molar-refractivity contribution in [3.05, 3.63) is 35.4 Å². The van der Waals surface area contributed by atoms with Crippen molar-refractivity contribution in [1.29, 1.82) is 0 Å². The Morgan fingerprint density at radius 3 is 2.79 bits per heavy atom. The molecule has 0 amide bonds. The first-order chi connectivity index (χ1) is 6.81. The topological polar surface area (TPSA) is 26.0 Å². The smallest absolute Gasteiger partial charge is 0.00678 e. The molecule has 2 rings (SSSR count). The molecule has 0 aromatic heterocycles. The lowest BCUT2D eigenvalue weighted by Crippen LogP contribution is -2.33. The summed E-state index contributed by atoms with van der Waals surface area (Å²) >= 11 is 0. The summed E-state index contributed by atoms with van der Waals surface area (Å²) in [5.74, 6) is 0.704. The third-order valence-electron chi connectivity index (χ3n) is 3.46. The van der Waals surface area contributed by atoms with E-state index in [1.165, 1.54) is 30.4 Å². The summed E-state index contributed by atoms with van der Waals surface area (Å²) in [6.07, 6.45) is 4.78. The van der Waals surface area contributed by atoms with Gasteiger partial charge in [-0.1, -0.05) is 31.2 Å². The first-order valence-electron chi connectivity index (χ1n) is 5.63. The summed E-state index contributed by atoms with van der Waals surface area (Å²) < 4.78 is 0. The number of fused-ring (bicyclic) bond motifs is 1. The van der Waals surface area contributed by atoms with Gasteiger partial charge in [0.25, 0.3) is 0 Å². The molecule has 1 heteroatoms. The molecular formula is C13H19N. The maximum Gasteiger partial charge on any atom is 0.00678 e. The third-order valence-corrected chi connectivity index (χ3v) is 3.46. The van der Waals surface area contributed by atoms with Gasteiger partial charge < -0.3 is 5.73 Å². The third kappa shape index (κ3) is 1.83. The standard InChI is InChI=1S/C13H19N/c1-2-13(14)12-8-7-10-5-3-4-6-11(10)9-12/h3-6,12-13H,2,7-9,14H2,1H3/t12?,13-/m0/s1. The lowest BCUT2D eigenvalue weighted by Gasteiger charge is -2.28. The Hall–Kier alpha value is -0.820. The molecule has 0 aliphatic heterocycles. The van der Waals surface area contributed by atoms with Gasteiger partial charge in [0.05, 0.1) is 0 Å². The van der Waals surface area contributed by atoms with Gasteiger partial charge in [-0.15, -0.1) is 0 Å². The van der Waals surface area contributed by atoms with Crippen molar-refractivity contribution in [2.24, 2.45) is 11.7 Å². The Bertz CT molecular complexity index is 306. The Balaban J connectivity index is 2.13. The maximum atomic E-state index is 6.10. The quantitative estimate of drug-likeness (QED) is 0.760. The van der Waals surface area contributed by atoms with Gasteiger partial charge in [-0.3, -0.25) is 0 Å². The van der Waals surface area contributed by atoms with Crippen LogP contribution in [0, 0.1) is 5.92 Å². The molecule has 0 radical (unpaired) electrons. The Labute approximate surface area is 86.3 Å². The van der Waals surface area contributed by atoms with Crippen molar-refractivity contribution < 1.29 is 0 Å². The fourth-order valence-corrected chi connectivity index (χ4v) is 2.42. The first kappa shape index (κ1) is 9.72. The highest BCUT2D eigenvalue weighted by molar-refractivity contribution is 5.29. The zero-order valence-corrected chi connectivity index (χ0v) is 8.87. The van der Waals surface area contributed by atoms with Crippen molar-refractivity contribution in [2.75, 3.05) is 0 Å². The van der Waals surface area contributed by atoms with Crippen LogP contribution in [0.2, 0.25) is 0 Å². The molecule has 0 heterocycles. The summed E-state index contributed by atoms with van der Waals surface area (Å²) in [5, 5.41) is 0.